The lowest BCUT2D eigenvalue weighted by Crippen LogP contribution is -2.41. The Labute approximate surface area is 145 Å². The zero-order valence-electron chi connectivity index (χ0n) is 14.0. The highest BCUT2D eigenvalue weighted by atomic mass is 19.4. The summed E-state index contributed by atoms with van der Waals surface area (Å²) in [5.74, 6) is -1.96. The van der Waals surface area contributed by atoms with E-state index >= 15 is 0 Å². The largest absolute Gasteiger partial charge is 0.471 e. The van der Waals surface area contributed by atoms with E-state index in [1.807, 2.05) is 40.5 Å². The summed E-state index contributed by atoms with van der Waals surface area (Å²) in [5.41, 5.74) is 1.22. The summed E-state index contributed by atoms with van der Waals surface area (Å²) >= 11 is 0. The number of likely N-dealkylation sites (tertiary alicyclic amines) is 1. The Morgan fingerprint density at radius 1 is 1.24 bits per heavy atom. The molecule has 0 aromatic heterocycles. The molecular formula is C18H23F3N2O2. The lowest BCUT2D eigenvalue weighted by Gasteiger charge is -2.24. The van der Waals surface area contributed by atoms with E-state index in [1.54, 1.807) is 0 Å². The molecule has 1 fully saturated rings. The molecule has 1 N–H and O–H groups in total. The van der Waals surface area contributed by atoms with Gasteiger partial charge in [-0.05, 0) is 37.3 Å². The average molecular weight is 356 g/mol. The van der Waals surface area contributed by atoms with Gasteiger partial charge < -0.3 is 5.32 Å². The highest BCUT2D eigenvalue weighted by Crippen LogP contribution is 2.17. The number of carbonyl (C=O) groups excluding carboxylic acids is 2. The van der Waals surface area contributed by atoms with Crippen molar-refractivity contribution in [3.05, 3.63) is 35.9 Å². The summed E-state index contributed by atoms with van der Waals surface area (Å²) in [7, 11) is 0. The SMILES string of the molecule is O=C1CCC(CNC(=O)C(F)(F)F)CN(CCCc2ccccc2)C1. The van der Waals surface area contributed by atoms with Crippen molar-refractivity contribution in [1.82, 2.24) is 10.2 Å². The van der Waals surface area contributed by atoms with Gasteiger partial charge in [0.2, 0.25) is 0 Å². The third-order valence-corrected chi connectivity index (χ3v) is 4.34. The molecule has 1 aliphatic rings. The van der Waals surface area contributed by atoms with Crippen LogP contribution in [-0.4, -0.2) is 48.9 Å². The summed E-state index contributed by atoms with van der Waals surface area (Å²) in [6.07, 6.45) is -2.25. The number of alkyl halides is 3. The molecule has 4 nitrogen and oxygen atoms in total. The Bertz CT molecular complexity index is 575. The van der Waals surface area contributed by atoms with Gasteiger partial charge in [-0.3, -0.25) is 14.5 Å². The van der Waals surface area contributed by atoms with Crippen molar-refractivity contribution in [3.8, 4) is 0 Å². The normalized spacial score (nSPS) is 19.5. The van der Waals surface area contributed by atoms with Gasteiger partial charge in [-0.1, -0.05) is 30.3 Å². The summed E-state index contributed by atoms with van der Waals surface area (Å²) in [6.45, 7) is 1.52. The Balaban J connectivity index is 1.81. The number of benzene rings is 1. The number of nitrogens with one attached hydrogen (secondary N) is 1. The zero-order chi connectivity index (χ0) is 18.3. The lowest BCUT2D eigenvalue weighted by atomic mass is 10.0. The summed E-state index contributed by atoms with van der Waals surface area (Å²) in [6, 6.07) is 10.00. The molecule has 25 heavy (non-hydrogen) atoms. The maximum Gasteiger partial charge on any atom is 0.471 e. The van der Waals surface area contributed by atoms with Gasteiger partial charge in [0.15, 0.2) is 0 Å². The van der Waals surface area contributed by atoms with Crippen molar-refractivity contribution >= 4 is 11.7 Å². The topological polar surface area (TPSA) is 49.4 Å². The van der Waals surface area contributed by atoms with Crippen LogP contribution in [0.2, 0.25) is 0 Å². The van der Waals surface area contributed by atoms with Gasteiger partial charge in [0.05, 0.1) is 6.54 Å². The molecule has 1 aromatic carbocycles. The number of hydrogen-bond donors (Lipinski definition) is 1. The van der Waals surface area contributed by atoms with Crippen molar-refractivity contribution in [2.75, 3.05) is 26.2 Å². The fraction of sp³-hybridized carbons (Fsp3) is 0.556. The zero-order valence-corrected chi connectivity index (χ0v) is 14.0. The number of carbonyl (C=O) groups is 2. The van der Waals surface area contributed by atoms with E-state index in [0.717, 1.165) is 12.8 Å². The molecular weight excluding hydrogens is 333 g/mol. The molecule has 1 atom stereocenters. The molecule has 1 saturated heterocycles. The predicted octanol–water partition coefficient (Wildman–Crippen LogP) is 2.58. The van der Waals surface area contributed by atoms with Crippen molar-refractivity contribution in [2.45, 2.75) is 31.9 Å². The maximum absolute atomic E-state index is 12.3. The minimum absolute atomic E-state index is 0.0548. The highest BCUT2D eigenvalue weighted by Gasteiger charge is 2.38. The van der Waals surface area contributed by atoms with Crippen molar-refractivity contribution in [2.24, 2.45) is 5.92 Å². The number of amides is 1. The number of halogens is 3. The summed E-state index contributed by atoms with van der Waals surface area (Å²) < 4.78 is 36.8. The molecule has 0 saturated carbocycles. The van der Waals surface area contributed by atoms with Crippen molar-refractivity contribution < 1.29 is 22.8 Å². The first-order valence-electron chi connectivity index (χ1n) is 8.47. The van der Waals surface area contributed by atoms with Crippen LogP contribution in [0.4, 0.5) is 13.2 Å². The second kappa shape index (κ2) is 8.99. The number of hydrogen-bond acceptors (Lipinski definition) is 3. The number of nitrogens with zero attached hydrogens (tertiary/aromatic N) is 1. The predicted molar refractivity (Wildman–Crippen MR) is 88.0 cm³/mol. The van der Waals surface area contributed by atoms with Crippen LogP contribution in [0, 0.1) is 5.92 Å². The number of aryl methyl sites for hydroxylation is 1. The van der Waals surface area contributed by atoms with E-state index in [1.165, 1.54) is 5.56 Å². The van der Waals surface area contributed by atoms with Gasteiger partial charge in [-0.2, -0.15) is 13.2 Å². The molecule has 1 amide bonds. The Kier molecular flexibility index (Phi) is 6.99. The monoisotopic (exact) mass is 356 g/mol. The van der Waals surface area contributed by atoms with E-state index in [2.05, 4.69) is 0 Å². The smallest absolute Gasteiger partial charge is 0.348 e. The molecule has 7 heteroatoms. The average Bonchev–Trinajstić information content (AvgIpc) is 2.74. The maximum atomic E-state index is 12.3. The fourth-order valence-electron chi connectivity index (χ4n) is 3.04. The molecule has 1 aromatic rings. The van der Waals surface area contributed by atoms with Crippen LogP contribution < -0.4 is 5.32 Å². The van der Waals surface area contributed by atoms with Crippen LogP contribution in [0.5, 0.6) is 0 Å². The van der Waals surface area contributed by atoms with E-state index in [9.17, 15) is 22.8 Å². The fourth-order valence-corrected chi connectivity index (χ4v) is 3.04. The molecule has 0 radical (unpaired) electrons. The van der Waals surface area contributed by atoms with Crippen LogP contribution in [0.15, 0.2) is 30.3 Å². The van der Waals surface area contributed by atoms with Gasteiger partial charge in [0.1, 0.15) is 5.78 Å². The van der Waals surface area contributed by atoms with E-state index < -0.39 is 12.1 Å². The van der Waals surface area contributed by atoms with E-state index in [0.29, 0.717) is 32.5 Å². The van der Waals surface area contributed by atoms with E-state index in [4.69, 9.17) is 0 Å². The van der Waals surface area contributed by atoms with Gasteiger partial charge in [0.25, 0.3) is 0 Å². The summed E-state index contributed by atoms with van der Waals surface area (Å²) in [4.78, 5) is 24.8. The highest BCUT2D eigenvalue weighted by molar-refractivity contribution is 5.82. The standard InChI is InChI=1S/C18H23F3N2O2/c19-18(20,21)17(25)22-11-15-8-9-16(24)13-23(12-15)10-4-7-14-5-2-1-3-6-14/h1-3,5-6,15H,4,7-13H2,(H,22,25). The van der Waals surface area contributed by atoms with E-state index in [-0.39, 0.29) is 18.2 Å². The lowest BCUT2D eigenvalue weighted by molar-refractivity contribution is -0.173. The molecule has 1 unspecified atom stereocenters. The number of ketones is 1. The van der Waals surface area contributed by atoms with Gasteiger partial charge in [0, 0.05) is 19.5 Å². The van der Waals surface area contributed by atoms with Gasteiger partial charge in [-0.15, -0.1) is 0 Å². The van der Waals surface area contributed by atoms with Gasteiger partial charge >= 0.3 is 12.1 Å². The van der Waals surface area contributed by atoms with Crippen LogP contribution >= 0.6 is 0 Å². The van der Waals surface area contributed by atoms with Crippen LogP contribution in [0.1, 0.15) is 24.8 Å². The molecule has 0 aliphatic carbocycles. The molecule has 1 aliphatic heterocycles. The Morgan fingerprint density at radius 3 is 2.64 bits per heavy atom. The first kappa shape index (κ1) is 19.4. The molecule has 1 heterocycles. The first-order valence-corrected chi connectivity index (χ1v) is 8.47. The number of rotatable bonds is 6. The van der Waals surface area contributed by atoms with Crippen molar-refractivity contribution in [3.63, 3.8) is 0 Å². The van der Waals surface area contributed by atoms with Crippen molar-refractivity contribution in [1.29, 1.82) is 0 Å². The van der Waals surface area contributed by atoms with Crippen LogP contribution in [0.25, 0.3) is 0 Å². The minimum Gasteiger partial charge on any atom is -0.348 e. The van der Waals surface area contributed by atoms with Crippen LogP contribution in [0.3, 0.4) is 0 Å². The third kappa shape index (κ3) is 6.86. The summed E-state index contributed by atoms with van der Waals surface area (Å²) in [5, 5.41) is 1.94. The molecule has 0 bridgehead atoms. The molecule has 2 rings (SSSR count). The van der Waals surface area contributed by atoms with Gasteiger partial charge in [-0.25, -0.2) is 0 Å². The molecule has 138 valence electrons. The Hall–Kier alpha value is -1.89. The Morgan fingerprint density at radius 2 is 1.96 bits per heavy atom. The third-order valence-electron chi connectivity index (χ3n) is 4.34. The first-order chi connectivity index (χ1) is 11.8. The number of Topliss-reactive ketones (excluding diaryl/α,β-unsaturated/α-hetero) is 1. The quantitative estimate of drug-likeness (QED) is 0.852. The molecule has 0 spiro atoms. The second-order valence-electron chi connectivity index (χ2n) is 6.48. The minimum atomic E-state index is -4.87. The second-order valence-corrected chi connectivity index (χ2v) is 6.48. The van der Waals surface area contributed by atoms with Crippen LogP contribution in [-0.2, 0) is 16.0 Å².